The van der Waals surface area contributed by atoms with Crippen LogP contribution < -0.4 is 10.6 Å². The van der Waals surface area contributed by atoms with Crippen LogP contribution in [0.15, 0.2) is 60.7 Å². The van der Waals surface area contributed by atoms with Crippen molar-refractivity contribution in [1.29, 1.82) is 0 Å². The highest BCUT2D eigenvalue weighted by Gasteiger charge is 2.25. The van der Waals surface area contributed by atoms with Crippen LogP contribution in [0.1, 0.15) is 42.7 Å². The lowest BCUT2D eigenvalue weighted by molar-refractivity contribution is -0.124. The minimum absolute atomic E-state index is 0.0133. The molecular formula is C20H24N2O2. The molecule has 0 radical (unpaired) electrons. The van der Waals surface area contributed by atoms with Crippen LogP contribution in [0, 0.1) is 5.92 Å². The standard InChI is InChI=1S/C20H24N2O2/c1-14(2)18(22-19(23)17-12-8-5-9-13-17)20(24)21-15(3)16-10-6-4-7-11-16/h4-15,18H,1-3H3,(H,21,24)(H,22,23)/t15-,18-/m0/s1. The first kappa shape index (κ1) is 17.7. The van der Waals surface area contributed by atoms with E-state index in [4.69, 9.17) is 0 Å². The van der Waals surface area contributed by atoms with Crippen molar-refractivity contribution in [2.75, 3.05) is 0 Å². The molecule has 0 aliphatic heterocycles. The van der Waals surface area contributed by atoms with Gasteiger partial charge >= 0.3 is 0 Å². The molecule has 0 unspecified atom stereocenters. The highest BCUT2D eigenvalue weighted by Crippen LogP contribution is 2.13. The van der Waals surface area contributed by atoms with Gasteiger partial charge in [0.15, 0.2) is 0 Å². The molecule has 2 rings (SSSR count). The zero-order chi connectivity index (χ0) is 17.5. The fourth-order valence-corrected chi connectivity index (χ4v) is 2.48. The topological polar surface area (TPSA) is 58.2 Å². The summed E-state index contributed by atoms with van der Waals surface area (Å²) in [7, 11) is 0. The van der Waals surface area contributed by atoms with Gasteiger partial charge in [-0.15, -0.1) is 0 Å². The smallest absolute Gasteiger partial charge is 0.251 e. The van der Waals surface area contributed by atoms with Gasteiger partial charge in [0.05, 0.1) is 6.04 Å². The normalized spacial score (nSPS) is 13.2. The molecule has 2 amide bonds. The molecule has 0 aliphatic carbocycles. The Kier molecular flexibility index (Phi) is 6.13. The molecule has 126 valence electrons. The van der Waals surface area contributed by atoms with E-state index in [1.54, 1.807) is 24.3 Å². The third-order valence-corrected chi connectivity index (χ3v) is 3.93. The van der Waals surface area contributed by atoms with E-state index in [2.05, 4.69) is 10.6 Å². The fourth-order valence-electron chi connectivity index (χ4n) is 2.48. The van der Waals surface area contributed by atoms with Crippen molar-refractivity contribution in [2.45, 2.75) is 32.9 Å². The maximum Gasteiger partial charge on any atom is 0.251 e. The van der Waals surface area contributed by atoms with E-state index < -0.39 is 6.04 Å². The molecule has 0 aromatic heterocycles. The third-order valence-electron chi connectivity index (χ3n) is 3.93. The minimum Gasteiger partial charge on any atom is -0.348 e. The van der Waals surface area contributed by atoms with E-state index in [9.17, 15) is 9.59 Å². The van der Waals surface area contributed by atoms with Gasteiger partial charge in [0.1, 0.15) is 6.04 Å². The van der Waals surface area contributed by atoms with Crippen molar-refractivity contribution in [3.63, 3.8) is 0 Å². The molecule has 0 saturated heterocycles. The SMILES string of the molecule is CC(C)[C@H](NC(=O)c1ccccc1)C(=O)N[C@@H](C)c1ccccc1. The Hall–Kier alpha value is -2.62. The molecule has 2 atom stereocenters. The van der Waals surface area contributed by atoms with Crippen molar-refractivity contribution in [3.8, 4) is 0 Å². The van der Waals surface area contributed by atoms with Crippen molar-refractivity contribution in [2.24, 2.45) is 5.92 Å². The lowest BCUT2D eigenvalue weighted by Crippen LogP contribution is -2.50. The van der Waals surface area contributed by atoms with Crippen molar-refractivity contribution < 1.29 is 9.59 Å². The molecule has 24 heavy (non-hydrogen) atoms. The van der Waals surface area contributed by atoms with Crippen LogP contribution in [-0.2, 0) is 4.79 Å². The summed E-state index contributed by atoms with van der Waals surface area (Å²) in [5.41, 5.74) is 1.58. The first-order valence-corrected chi connectivity index (χ1v) is 8.20. The minimum atomic E-state index is -0.580. The van der Waals surface area contributed by atoms with Gasteiger partial charge < -0.3 is 10.6 Å². The predicted octanol–water partition coefficient (Wildman–Crippen LogP) is 3.32. The van der Waals surface area contributed by atoms with Crippen LogP contribution >= 0.6 is 0 Å². The van der Waals surface area contributed by atoms with Crippen LogP contribution in [0.2, 0.25) is 0 Å². The third kappa shape index (κ3) is 4.69. The predicted molar refractivity (Wildman–Crippen MR) is 95.5 cm³/mol. The largest absolute Gasteiger partial charge is 0.348 e. The quantitative estimate of drug-likeness (QED) is 0.856. The fraction of sp³-hybridized carbons (Fsp3) is 0.300. The van der Waals surface area contributed by atoms with Crippen LogP contribution in [0.25, 0.3) is 0 Å². The number of hydrogen-bond acceptors (Lipinski definition) is 2. The van der Waals surface area contributed by atoms with Gasteiger partial charge in [0.25, 0.3) is 5.91 Å². The average Bonchev–Trinajstić information content (AvgIpc) is 2.60. The summed E-state index contributed by atoms with van der Waals surface area (Å²) in [6, 6.07) is 18.0. The Morgan fingerprint density at radius 3 is 1.88 bits per heavy atom. The van der Waals surface area contributed by atoms with Gasteiger partial charge in [-0.1, -0.05) is 62.4 Å². The molecule has 0 aliphatic rings. The van der Waals surface area contributed by atoms with E-state index in [1.165, 1.54) is 0 Å². The summed E-state index contributed by atoms with van der Waals surface area (Å²) in [5, 5.41) is 5.82. The highest BCUT2D eigenvalue weighted by atomic mass is 16.2. The van der Waals surface area contributed by atoms with E-state index in [0.29, 0.717) is 5.56 Å². The first-order valence-electron chi connectivity index (χ1n) is 8.20. The van der Waals surface area contributed by atoms with Gasteiger partial charge in [-0.05, 0) is 30.5 Å². The molecule has 4 heteroatoms. The summed E-state index contributed by atoms with van der Waals surface area (Å²) >= 11 is 0. The molecule has 4 nitrogen and oxygen atoms in total. The number of carbonyl (C=O) groups is 2. The maximum atomic E-state index is 12.6. The van der Waals surface area contributed by atoms with E-state index in [0.717, 1.165) is 5.56 Å². The Morgan fingerprint density at radius 1 is 0.792 bits per heavy atom. The van der Waals surface area contributed by atoms with Crippen molar-refractivity contribution in [1.82, 2.24) is 10.6 Å². The molecule has 0 bridgehead atoms. The van der Waals surface area contributed by atoms with Gasteiger partial charge in [-0.25, -0.2) is 0 Å². The summed E-state index contributed by atoms with van der Waals surface area (Å²) in [4.78, 5) is 24.9. The van der Waals surface area contributed by atoms with E-state index in [-0.39, 0.29) is 23.8 Å². The molecule has 0 heterocycles. The lowest BCUT2D eigenvalue weighted by Gasteiger charge is -2.24. The molecule has 0 spiro atoms. The molecule has 2 aromatic carbocycles. The molecule has 0 fully saturated rings. The Labute approximate surface area is 143 Å². The molecule has 2 N–H and O–H groups in total. The summed E-state index contributed by atoms with van der Waals surface area (Å²) in [6.07, 6.45) is 0. The molecule has 0 saturated carbocycles. The number of amides is 2. The zero-order valence-corrected chi connectivity index (χ0v) is 14.3. The Morgan fingerprint density at radius 2 is 1.33 bits per heavy atom. The maximum absolute atomic E-state index is 12.6. The second-order valence-electron chi connectivity index (χ2n) is 6.20. The number of rotatable bonds is 6. The van der Waals surface area contributed by atoms with Crippen LogP contribution in [0.5, 0.6) is 0 Å². The highest BCUT2D eigenvalue weighted by molar-refractivity contribution is 5.97. The number of benzene rings is 2. The molecular weight excluding hydrogens is 300 g/mol. The lowest BCUT2D eigenvalue weighted by atomic mass is 10.0. The summed E-state index contributed by atoms with van der Waals surface area (Å²) < 4.78 is 0. The Balaban J connectivity index is 2.04. The van der Waals surface area contributed by atoms with Crippen LogP contribution in [0.3, 0.4) is 0 Å². The van der Waals surface area contributed by atoms with Crippen molar-refractivity contribution >= 4 is 11.8 Å². The number of nitrogens with one attached hydrogen (secondary N) is 2. The van der Waals surface area contributed by atoms with Crippen LogP contribution in [-0.4, -0.2) is 17.9 Å². The van der Waals surface area contributed by atoms with E-state index in [1.807, 2.05) is 57.2 Å². The van der Waals surface area contributed by atoms with Gasteiger partial charge in [0, 0.05) is 5.56 Å². The number of hydrogen-bond donors (Lipinski definition) is 2. The first-order chi connectivity index (χ1) is 11.5. The summed E-state index contributed by atoms with van der Waals surface area (Å²) in [6.45, 7) is 5.77. The van der Waals surface area contributed by atoms with Gasteiger partial charge in [-0.2, -0.15) is 0 Å². The average molecular weight is 324 g/mol. The zero-order valence-electron chi connectivity index (χ0n) is 14.3. The number of carbonyl (C=O) groups excluding carboxylic acids is 2. The summed E-state index contributed by atoms with van der Waals surface area (Å²) in [5.74, 6) is -0.428. The van der Waals surface area contributed by atoms with Crippen LogP contribution in [0.4, 0.5) is 0 Å². The van der Waals surface area contributed by atoms with E-state index >= 15 is 0 Å². The van der Waals surface area contributed by atoms with Crippen molar-refractivity contribution in [3.05, 3.63) is 71.8 Å². The van der Waals surface area contributed by atoms with Gasteiger partial charge in [-0.3, -0.25) is 9.59 Å². The van der Waals surface area contributed by atoms with Gasteiger partial charge in [0.2, 0.25) is 5.91 Å². The Bertz CT molecular complexity index is 669. The second kappa shape index (κ2) is 8.29. The monoisotopic (exact) mass is 324 g/mol. The molecule has 2 aromatic rings. The second-order valence-corrected chi connectivity index (χ2v) is 6.20.